The average Bonchev–Trinajstić information content (AvgIpc) is 2.64. The number of ether oxygens (including phenoxy) is 2. The Morgan fingerprint density at radius 3 is 2.65 bits per heavy atom. The highest BCUT2D eigenvalue weighted by atomic mass is 35.5. The quantitative estimate of drug-likeness (QED) is 0.694. The first-order chi connectivity index (χ1) is 12.5. The molecule has 3 rings (SSSR count). The van der Waals surface area contributed by atoms with Crippen LogP contribution in [0.3, 0.4) is 0 Å². The van der Waals surface area contributed by atoms with Crippen molar-refractivity contribution in [2.75, 3.05) is 19.5 Å². The lowest BCUT2D eigenvalue weighted by Gasteiger charge is -2.12. The minimum atomic E-state index is -0.342. The highest BCUT2D eigenvalue weighted by molar-refractivity contribution is 6.33. The molecule has 0 aliphatic heterocycles. The van der Waals surface area contributed by atoms with Crippen LogP contribution in [0.1, 0.15) is 5.56 Å². The van der Waals surface area contributed by atoms with Crippen molar-refractivity contribution in [2.45, 2.75) is 6.92 Å². The lowest BCUT2D eigenvalue weighted by Crippen LogP contribution is -2.24. The van der Waals surface area contributed by atoms with Gasteiger partial charge in [0.2, 0.25) is 0 Å². The van der Waals surface area contributed by atoms with Crippen LogP contribution in [0.2, 0.25) is 5.02 Å². The van der Waals surface area contributed by atoms with Crippen LogP contribution in [0.4, 0.5) is 10.5 Å². The van der Waals surface area contributed by atoms with E-state index in [-0.39, 0.29) is 6.03 Å². The maximum absolute atomic E-state index is 11.4. The summed E-state index contributed by atoms with van der Waals surface area (Å²) >= 11 is 6.23. The Morgan fingerprint density at radius 2 is 1.96 bits per heavy atom. The summed E-state index contributed by atoms with van der Waals surface area (Å²) < 4.78 is 11.3. The number of aryl methyl sites for hydroxylation is 1. The van der Waals surface area contributed by atoms with E-state index in [4.69, 9.17) is 21.1 Å². The fourth-order valence-corrected chi connectivity index (χ4v) is 2.76. The molecule has 2 aromatic carbocycles. The van der Waals surface area contributed by atoms with Crippen molar-refractivity contribution in [2.24, 2.45) is 0 Å². The summed E-state index contributed by atoms with van der Waals surface area (Å²) in [5.74, 6) is 1.98. The van der Waals surface area contributed by atoms with E-state index in [1.54, 1.807) is 37.6 Å². The van der Waals surface area contributed by atoms with E-state index >= 15 is 0 Å². The Balaban J connectivity index is 1.93. The summed E-state index contributed by atoms with van der Waals surface area (Å²) in [5.41, 5.74) is 2.26. The molecule has 0 bridgehead atoms. The lowest BCUT2D eigenvalue weighted by molar-refractivity contribution is 0.254. The molecule has 0 fully saturated rings. The number of anilines is 1. The van der Waals surface area contributed by atoms with Gasteiger partial charge in [0.15, 0.2) is 0 Å². The van der Waals surface area contributed by atoms with Crippen LogP contribution < -0.4 is 20.1 Å². The molecular weight excluding hydrogens is 354 g/mol. The zero-order valence-electron chi connectivity index (χ0n) is 14.6. The molecule has 0 radical (unpaired) electrons. The van der Waals surface area contributed by atoms with Gasteiger partial charge in [-0.15, -0.1) is 0 Å². The first-order valence-corrected chi connectivity index (χ1v) is 8.29. The maximum atomic E-state index is 11.4. The van der Waals surface area contributed by atoms with Crippen LogP contribution in [0.25, 0.3) is 10.9 Å². The monoisotopic (exact) mass is 371 g/mol. The zero-order valence-corrected chi connectivity index (χ0v) is 15.3. The van der Waals surface area contributed by atoms with Crippen LogP contribution in [0.5, 0.6) is 17.2 Å². The number of methoxy groups -OCH3 is 1. The molecular formula is C19H18ClN3O3. The number of nitrogens with zero attached hydrogens (tertiary/aromatic N) is 1. The van der Waals surface area contributed by atoms with Crippen molar-refractivity contribution < 1.29 is 14.3 Å². The fourth-order valence-electron chi connectivity index (χ4n) is 2.54. The van der Waals surface area contributed by atoms with E-state index in [1.165, 1.54) is 7.05 Å². The first-order valence-electron chi connectivity index (χ1n) is 7.91. The van der Waals surface area contributed by atoms with E-state index in [0.29, 0.717) is 22.2 Å². The number of aromatic nitrogens is 1. The Morgan fingerprint density at radius 1 is 1.15 bits per heavy atom. The number of amides is 2. The van der Waals surface area contributed by atoms with E-state index in [1.807, 2.05) is 19.1 Å². The Bertz CT molecular complexity index is 976. The average molecular weight is 372 g/mol. The third-order valence-electron chi connectivity index (χ3n) is 3.86. The molecule has 0 aliphatic carbocycles. The summed E-state index contributed by atoms with van der Waals surface area (Å²) in [6.07, 6.45) is 1.68. The Labute approximate surface area is 156 Å². The van der Waals surface area contributed by atoms with E-state index in [0.717, 1.165) is 22.2 Å². The van der Waals surface area contributed by atoms with Crippen molar-refractivity contribution in [3.8, 4) is 17.2 Å². The van der Waals surface area contributed by atoms with Gasteiger partial charge < -0.3 is 20.1 Å². The van der Waals surface area contributed by atoms with Gasteiger partial charge in [-0.05, 0) is 36.8 Å². The molecule has 0 saturated heterocycles. The number of hydrogen-bond donors (Lipinski definition) is 2. The van der Waals surface area contributed by atoms with E-state index in [9.17, 15) is 4.79 Å². The highest BCUT2D eigenvalue weighted by Crippen LogP contribution is 2.34. The molecule has 26 heavy (non-hydrogen) atoms. The minimum absolute atomic E-state index is 0.342. The summed E-state index contributed by atoms with van der Waals surface area (Å²) in [5, 5.41) is 6.36. The molecule has 0 spiro atoms. The number of urea groups is 1. The second-order valence-electron chi connectivity index (χ2n) is 5.60. The molecule has 1 heterocycles. The standard InChI is InChI=1S/C19H18ClN3O3/c1-11-8-13-16(10-18(11)25-3)22-7-6-17(13)26-12-4-5-15(14(20)9-12)23-19(24)21-2/h4-10H,1-3H3,(H2,21,23,24). The number of hydrogen-bond acceptors (Lipinski definition) is 4. The number of halogens is 1. The number of carbonyl (C=O) groups excluding carboxylic acids is 1. The van der Waals surface area contributed by atoms with E-state index in [2.05, 4.69) is 15.6 Å². The fraction of sp³-hybridized carbons (Fsp3) is 0.158. The molecule has 134 valence electrons. The van der Waals surface area contributed by atoms with Gasteiger partial charge >= 0.3 is 6.03 Å². The summed E-state index contributed by atoms with van der Waals surface area (Å²) in [6, 6.07) is 10.4. The molecule has 0 atom stereocenters. The number of benzene rings is 2. The Kier molecular flexibility index (Phi) is 5.14. The third-order valence-corrected chi connectivity index (χ3v) is 4.17. The van der Waals surface area contributed by atoms with E-state index < -0.39 is 0 Å². The molecule has 2 amide bonds. The van der Waals surface area contributed by atoms with Crippen LogP contribution in [0, 0.1) is 6.92 Å². The molecule has 1 aromatic heterocycles. The number of rotatable bonds is 4. The predicted octanol–water partition coefficient (Wildman–Crippen LogP) is 4.75. The van der Waals surface area contributed by atoms with Crippen molar-refractivity contribution >= 4 is 34.2 Å². The van der Waals surface area contributed by atoms with Crippen molar-refractivity contribution in [3.63, 3.8) is 0 Å². The summed E-state index contributed by atoms with van der Waals surface area (Å²) in [7, 11) is 3.16. The van der Waals surface area contributed by atoms with Crippen molar-refractivity contribution in [1.29, 1.82) is 0 Å². The van der Waals surface area contributed by atoms with Crippen molar-refractivity contribution in [3.05, 3.63) is 53.2 Å². The molecule has 0 unspecified atom stereocenters. The van der Waals surface area contributed by atoms with Crippen LogP contribution >= 0.6 is 11.6 Å². The zero-order chi connectivity index (χ0) is 18.7. The van der Waals surface area contributed by atoms with Crippen molar-refractivity contribution in [1.82, 2.24) is 10.3 Å². The SMILES string of the molecule is CNC(=O)Nc1ccc(Oc2ccnc3cc(OC)c(C)cc23)cc1Cl. The lowest BCUT2D eigenvalue weighted by atomic mass is 10.1. The first kappa shape index (κ1) is 17.8. The molecule has 0 aliphatic rings. The van der Waals surface area contributed by atoms with Gasteiger partial charge in [0.05, 0.1) is 23.3 Å². The predicted molar refractivity (Wildman–Crippen MR) is 103 cm³/mol. The van der Waals surface area contributed by atoms with Gasteiger partial charge in [-0.2, -0.15) is 0 Å². The third kappa shape index (κ3) is 3.65. The largest absolute Gasteiger partial charge is 0.496 e. The molecule has 0 saturated carbocycles. The van der Waals surface area contributed by atoms with Gasteiger partial charge in [0, 0.05) is 30.8 Å². The van der Waals surface area contributed by atoms with Gasteiger partial charge in [0.1, 0.15) is 17.2 Å². The van der Waals surface area contributed by atoms with Crippen LogP contribution in [-0.4, -0.2) is 25.2 Å². The van der Waals surface area contributed by atoms with Gasteiger partial charge in [0.25, 0.3) is 0 Å². The molecule has 2 N–H and O–H groups in total. The number of pyridine rings is 1. The minimum Gasteiger partial charge on any atom is -0.496 e. The number of fused-ring (bicyclic) bond motifs is 1. The smallest absolute Gasteiger partial charge is 0.319 e. The number of carbonyl (C=O) groups is 1. The van der Waals surface area contributed by atoms with Gasteiger partial charge in [-0.1, -0.05) is 11.6 Å². The van der Waals surface area contributed by atoms with Gasteiger partial charge in [-0.25, -0.2) is 4.79 Å². The normalized spacial score (nSPS) is 10.5. The highest BCUT2D eigenvalue weighted by Gasteiger charge is 2.10. The number of nitrogens with one attached hydrogen (secondary N) is 2. The topological polar surface area (TPSA) is 72.5 Å². The van der Waals surface area contributed by atoms with Crippen LogP contribution in [0.15, 0.2) is 42.6 Å². The second-order valence-corrected chi connectivity index (χ2v) is 6.00. The Hall–Kier alpha value is -2.99. The molecule has 6 nitrogen and oxygen atoms in total. The van der Waals surface area contributed by atoms with Crippen LogP contribution in [-0.2, 0) is 0 Å². The molecule has 7 heteroatoms. The van der Waals surface area contributed by atoms with Gasteiger partial charge in [-0.3, -0.25) is 4.98 Å². The maximum Gasteiger partial charge on any atom is 0.319 e. The molecule has 3 aromatic rings. The summed E-state index contributed by atoms with van der Waals surface area (Å²) in [6.45, 7) is 1.96. The summed E-state index contributed by atoms with van der Waals surface area (Å²) in [4.78, 5) is 15.8. The second kappa shape index (κ2) is 7.49.